The van der Waals surface area contributed by atoms with Crippen molar-refractivity contribution in [2.45, 2.75) is 56.3 Å². The number of ether oxygens (including phenoxy) is 1. The summed E-state index contributed by atoms with van der Waals surface area (Å²) >= 11 is 0. The van der Waals surface area contributed by atoms with Gasteiger partial charge in [-0.15, -0.1) is 12.8 Å². The van der Waals surface area contributed by atoms with Crippen LogP contribution < -0.4 is 9.64 Å². The van der Waals surface area contributed by atoms with Crippen LogP contribution in [0.15, 0.2) is 24.3 Å². The number of phenols is 1. The fourth-order valence-electron chi connectivity index (χ4n) is 8.27. The number of anilines is 1. The molecule has 7 nitrogen and oxygen atoms in total. The minimum absolute atomic E-state index is 0.0287. The molecule has 8 rings (SSSR count). The van der Waals surface area contributed by atoms with E-state index in [9.17, 15) is 13.9 Å². The molecule has 4 aromatic rings. The van der Waals surface area contributed by atoms with Gasteiger partial charge >= 0.3 is 6.01 Å². The van der Waals surface area contributed by atoms with Gasteiger partial charge in [-0.3, -0.25) is 4.90 Å². The summed E-state index contributed by atoms with van der Waals surface area (Å²) in [4.78, 5) is 18.2. The van der Waals surface area contributed by atoms with Crippen molar-refractivity contribution in [1.29, 1.82) is 0 Å². The zero-order valence-electron chi connectivity index (χ0n) is 24.5. The number of phenolic OH excluding ortho intramolecular Hbond substituents is 1. The first-order chi connectivity index (χ1) is 21.8. The number of pyridine rings is 1. The second kappa shape index (κ2) is 10.3. The lowest BCUT2D eigenvalue weighted by Gasteiger charge is -2.32. The highest BCUT2D eigenvalue weighted by molar-refractivity contribution is 6.04. The summed E-state index contributed by atoms with van der Waals surface area (Å²) in [6.07, 6.45) is 16.0. The maximum absolute atomic E-state index is 16.9. The molecule has 5 heterocycles. The number of terminal acetylenes is 2. The van der Waals surface area contributed by atoms with Crippen molar-refractivity contribution in [3.8, 4) is 47.7 Å². The highest BCUT2D eigenvalue weighted by Crippen LogP contribution is 2.45. The molecule has 0 amide bonds. The zero-order chi connectivity index (χ0) is 31.0. The van der Waals surface area contributed by atoms with Gasteiger partial charge in [0.2, 0.25) is 0 Å². The maximum Gasteiger partial charge on any atom is 0.319 e. The molecule has 0 unspecified atom stereocenters. The number of aromatic hydroxyl groups is 1. The molecule has 0 radical (unpaired) electrons. The van der Waals surface area contributed by atoms with E-state index in [1.165, 1.54) is 24.3 Å². The van der Waals surface area contributed by atoms with E-state index in [0.29, 0.717) is 30.1 Å². The van der Waals surface area contributed by atoms with Gasteiger partial charge in [0.15, 0.2) is 5.82 Å². The molecule has 3 aliphatic heterocycles. The lowest BCUT2D eigenvalue weighted by molar-refractivity contribution is 0.107. The van der Waals surface area contributed by atoms with Gasteiger partial charge in [-0.1, -0.05) is 12.0 Å². The van der Waals surface area contributed by atoms with Crippen LogP contribution in [0.2, 0.25) is 0 Å². The number of piperidine rings is 1. The number of halogens is 3. The number of rotatable bonds is 5. The third-order valence-electron chi connectivity index (χ3n) is 10.2. The third-order valence-corrected chi connectivity index (χ3v) is 10.2. The van der Waals surface area contributed by atoms with E-state index >= 15 is 4.39 Å². The molecule has 1 N–H and O–H groups in total. The molecule has 2 aromatic heterocycles. The summed E-state index contributed by atoms with van der Waals surface area (Å²) in [5.74, 6) is 4.24. The van der Waals surface area contributed by atoms with E-state index in [0.717, 1.165) is 45.2 Å². The van der Waals surface area contributed by atoms with Crippen molar-refractivity contribution in [2.24, 2.45) is 5.92 Å². The highest BCUT2D eigenvalue weighted by Gasteiger charge is 2.49. The Morgan fingerprint density at radius 3 is 2.69 bits per heavy atom. The molecule has 45 heavy (non-hydrogen) atoms. The van der Waals surface area contributed by atoms with Gasteiger partial charge in [-0.25, -0.2) is 18.2 Å². The van der Waals surface area contributed by atoms with Crippen LogP contribution in [0.1, 0.15) is 49.8 Å². The first-order valence-corrected chi connectivity index (χ1v) is 15.4. The van der Waals surface area contributed by atoms with Crippen LogP contribution >= 0.6 is 0 Å². The number of aromatic nitrogens is 3. The molecule has 228 valence electrons. The standard InChI is InChI=1S/C35H30F3N5O2/c1-3-24-26(37)9-7-20-13-23(44)14-25(28(20)24)31-30(38)32-29(27(4-2)39-31)33(43-16-19-6-8-22(43)12-19)41-34(40-32)45-18-35-10-5-11-42(35)17-21(36)15-35/h1-2,7,9,13-14,19,21-22,44H,5-6,8,10-12,15-18H2/t19-,21+,22+,35-/m0/s1. The van der Waals surface area contributed by atoms with Crippen molar-refractivity contribution >= 4 is 27.5 Å². The molecule has 2 bridgehead atoms. The Morgan fingerprint density at radius 1 is 1.07 bits per heavy atom. The van der Waals surface area contributed by atoms with Crippen LogP contribution in [-0.2, 0) is 0 Å². The van der Waals surface area contributed by atoms with Crippen LogP contribution in [0.25, 0.3) is 32.9 Å². The molecule has 4 aliphatic rings. The van der Waals surface area contributed by atoms with Crippen LogP contribution in [0, 0.1) is 42.2 Å². The summed E-state index contributed by atoms with van der Waals surface area (Å²) in [5.41, 5.74) is -0.675. The number of alkyl halides is 1. The van der Waals surface area contributed by atoms with Gasteiger partial charge in [0.05, 0.1) is 16.5 Å². The lowest BCUT2D eigenvalue weighted by Crippen LogP contribution is -2.43. The lowest BCUT2D eigenvalue weighted by atomic mass is 9.95. The topological polar surface area (TPSA) is 74.6 Å². The van der Waals surface area contributed by atoms with E-state index in [2.05, 4.69) is 31.6 Å². The number of hydrogen-bond donors (Lipinski definition) is 1. The van der Waals surface area contributed by atoms with Crippen molar-refractivity contribution in [3.05, 3.63) is 47.2 Å². The Kier molecular flexibility index (Phi) is 6.37. The van der Waals surface area contributed by atoms with E-state index in [-0.39, 0.29) is 63.2 Å². The maximum atomic E-state index is 16.9. The Bertz CT molecular complexity index is 1990. The van der Waals surface area contributed by atoms with E-state index in [4.69, 9.17) is 22.6 Å². The molecule has 3 saturated heterocycles. The first-order valence-electron chi connectivity index (χ1n) is 15.4. The molecular weight excluding hydrogens is 579 g/mol. The Hall–Kier alpha value is -4.54. The van der Waals surface area contributed by atoms with Crippen LogP contribution in [-0.4, -0.2) is 69.0 Å². The molecular formula is C35H30F3N5O2. The molecule has 0 spiro atoms. The van der Waals surface area contributed by atoms with E-state index in [1.807, 2.05) is 0 Å². The minimum Gasteiger partial charge on any atom is -0.508 e. The van der Waals surface area contributed by atoms with Gasteiger partial charge < -0.3 is 14.7 Å². The molecule has 1 saturated carbocycles. The summed E-state index contributed by atoms with van der Waals surface area (Å²) in [7, 11) is 0. The Morgan fingerprint density at radius 2 is 1.93 bits per heavy atom. The SMILES string of the molecule is C#Cc1c(F)ccc2cc(O)cc(-c3nc(C#C)c4c(N5C[C@H]6CC[C@@H]5C6)nc(OC[C@@]56CCCN5C[C@H](F)C6)nc4c3F)c12. The summed E-state index contributed by atoms with van der Waals surface area (Å²) in [6, 6.07) is 5.56. The second-order valence-electron chi connectivity index (χ2n) is 12.8. The van der Waals surface area contributed by atoms with Gasteiger partial charge in [0, 0.05) is 36.5 Å². The summed E-state index contributed by atoms with van der Waals surface area (Å²) in [5, 5.41) is 11.5. The molecule has 10 heteroatoms. The van der Waals surface area contributed by atoms with Gasteiger partial charge in [-0.2, -0.15) is 9.97 Å². The number of fused-ring (bicyclic) bond motifs is 5. The summed E-state index contributed by atoms with van der Waals surface area (Å²) < 4.78 is 52.5. The number of nitrogens with zero attached hydrogens (tertiary/aromatic N) is 5. The predicted molar refractivity (Wildman–Crippen MR) is 165 cm³/mol. The van der Waals surface area contributed by atoms with Crippen LogP contribution in [0.4, 0.5) is 19.0 Å². The minimum atomic E-state index is -0.929. The normalized spacial score (nSPS) is 25.6. The van der Waals surface area contributed by atoms with Crippen LogP contribution in [0.3, 0.4) is 0 Å². The van der Waals surface area contributed by atoms with Crippen molar-refractivity contribution in [2.75, 3.05) is 31.1 Å². The van der Waals surface area contributed by atoms with Gasteiger partial charge in [0.25, 0.3) is 0 Å². The van der Waals surface area contributed by atoms with Crippen LogP contribution in [0.5, 0.6) is 11.8 Å². The molecule has 4 atom stereocenters. The Balaban J connectivity index is 1.34. The molecule has 2 aromatic carbocycles. The monoisotopic (exact) mass is 609 g/mol. The fourth-order valence-corrected chi connectivity index (χ4v) is 8.27. The van der Waals surface area contributed by atoms with Gasteiger partial charge in [0.1, 0.15) is 47.1 Å². The first kappa shape index (κ1) is 28.0. The smallest absolute Gasteiger partial charge is 0.319 e. The number of benzene rings is 2. The zero-order valence-corrected chi connectivity index (χ0v) is 24.5. The largest absolute Gasteiger partial charge is 0.508 e. The number of hydrogen-bond acceptors (Lipinski definition) is 7. The van der Waals surface area contributed by atoms with E-state index in [1.54, 1.807) is 0 Å². The average Bonchev–Trinajstić information content (AvgIpc) is 3.81. The molecule has 1 aliphatic carbocycles. The fraction of sp³-hybridized carbons (Fsp3) is 0.400. The second-order valence-corrected chi connectivity index (χ2v) is 12.8. The molecule has 4 fully saturated rings. The Labute approximate surface area is 258 Å². The van der Waals surface area contributed by atoms with E-state index < -0.39 is 23.3 Å². The predicted octanol–water partition coefficient (Wildman–Crippen LogP) is 5.74. The van der Waals surface area contributed by atoms with Crippen molar-refractivity contribution < 1.29 is 23.0 Å². The van der Waals surface area contributed by atoms with Crippen molar-refractivity contribution in [1.82, 2.24) is 19.9 Å². The third kappa shape index (κ3) is 4.30. The highest BCUT2D eigenvalue weighted by atomic mass is 19.1. The summed E-state index contributed by atoms with van der Waals surface area (Å²) in [6.45, 7) is 2.09. The van der Waals surface area contributed by atoms with Crippen molar-refractivity contribution in [3.63, 3.8) is 0 Å². The average molecular weight is 610 g/mol. The quantitative estimate of drug-likeness (QED) is 0.290. The van der Waals surface area contributed by atoms with Gasteiger partial charge in [-0.05, 0) is 74.1 Å².